The number of nitrogens with zero attached hydrogens (tertiary/aromatic N) is 1. The molecule has 0 atom stereocenters. The summed E-state index contributed by atoms with van der Waals surface area (Å²) in [4.78, 5) is 14.5. The number of carbonyl (C=O) groups is 1. The van der Waals surface area contributed by atoms with Gasteiger partial charge in [0.2, 0.25) is 0 Å². The highest BCUT2D eigenvalue weighted by molar-refractivity contribution is 6.32. The number of rotatable bonds is 3. The minimum absolute atomic E-state index is 0. The molecule has 1 aromatic carbocycles. The van der Waals surface area contributed by atoms with Crippen molar-refractivity contribution in [3.8, 4) is 11.5 Å². The molecule has 0 aliphatic carbocycles. The van der Waals surface area contributed by atoms with Crippen LogP contribution in [0.3, 0.4) is 0 Å². The van der Waals surface area contributed by atoms with E-state index < -0.39 is 46.7 Å². The number of amides is 1. The van der Waals surface area contributed by atoms with Gasteiger partial charge in [0.05, 0.1) is 10.6 Å². The van der Waals surface area contributed by atoms with Gasteiger partial charge in [-0.2, -0.15) is 4.99 Å². The summed E-state index contributed by atoms with van der Waals surface area (Å²) >= 11 is 5.38. The van der Waals surface area contributed by atoms with Crippen molar-refractivity contribution in [1.82, 2.24) is 0 Å². The Hall–Kier alpha value is -2.08. The van der Waals surface area contributed by atoms with Crippen molar-refractivity contribution in [2.75, 3.05) is 0 Å². The van der Waals surface area contributed by atoms with E-state index in [1.807, 2.05) is 0 Å². The number of halogens is 8. The Morgan fingerprint density at radius 2 is 1.46 bits per heavy atom. The van der Waals surface area contributed by atoms with Gasteiger partial charge in [0.25, 0.3) is 5.91 Å². The zero-order chi connectivity index (χ0) is 18.0. The Balaban J connectivity index is 0.00000529. The molecule has 0 bridgehead atoms. The Kier molecular flexibility index (Phi) is 7.00. The van der Waals surface area contributed by atoms with Crippen molar-refractivity contribution in [2.45, 2.75) is 12.7 Å². The second-order valence-corrected chi connectivity index (χ2v) is 4.12. The lowest BCUT2D eigenvalue weighted by molar-refractivity contribution is -0.277. The second-order valence-electron chi connectivity index (χ2n) is 3.72. The van der Waals surface area contributed by atoms with E-state index in [1.165, 1.54) is 0 Å². The summed E-state index contributed by atoms with van der Waals surface area (Å²) in [6.07, 6.45) is -10.4. The highest BCUT2D eigenvalue weighted by Crippen LogP contribution is 2.38. The molecule has 0 aromatic heterocycles. The molecule has 0 aliphatic rings. The van der Waals surface area contributed by atoms with Crippen LogP contribution in [0.2, 0.25) is 5.02 Å². The van der Waals surface area contributed by atoms with Gasteiger partial charge in [-0.1, -0.05) is 11.6 Å². The summed E-state index contributed by atoms with van der Waals surface area (Å²) in [6, 6.07) is 0.581. The van der Waals surface area contributed by atoms with Crippen LogP contribution in [-0.2, 0) is 0 Å². The van der Waals surface area contributed by atoms with Crippen molar-refractivity contribution in [3.05, 3.63) is 22.7 Å². The highest BCUT2D eigenvalue weighted by Gasteiger charge is 2.36. The monoisotopic (exact) mass is 401 g/mol. The fourth-order valence-electron chi connectivity index (χ4n) is 1.29. The number of nitrogens with two attached hydrogens (primary N) is 2. The van der Waals surface area contributed by atoms with Crippen molar-refractivity contribution in [2.24, 2.45) is 16.5 Å². The second kappa shape index (κ2) is 7.66. The van der Waals surface area contributed by atoms with Crippen LogP contribution in [-0.4, -0.2) is 24.6 Å². The molecule has 0 spiro atoms. The summed E-state index contributed by atoms with van der Waals surface area (Å²) in [5.74, 6) is -4.66. The maximum absolute atomic E-state index is 12.3. The highest BCUT2D eigenvalue weighted by atomic mass is 35.5. The van der Waals surface area contributed by atoms with Crippen LogP contribution in [0.15, 0.2) is 17.1 Å². The van der Waals surface area contributed by atoms with Gasteiger partial charge in [-0.3, -0.25) is 4.79 Å². The molecule has 24 heavy (non-hydrogen) atoms. The lowest BCUT2D eigenvalue weighted by Gasteiger charge is -2.15. The van der Waals surface area contributed by atoms with E-state index in [9.17, 15) is 31.1 Å². The predicted molar refractivity (Wildman–Crippen MR) is 72.2 cm³/mol. The van der Waals surface area contributed by atoms with Gasteiger partial charge in [0.15, 0.2) is 5.96 Å². The van der Waals surface area contributed by atoms with Gasteiger partial charge < -0.3 is 20.9 Å². The van der Waals surface area contributed by atoms with E-state index in [0.29, 0.717) is 6.07 Å². The minimum Gasteiger partial charge on any atom is -0.405 e. The molecule has 0 radical (unpaired) electrons. The molecule has 0 unspecified atom stereocenters. The van der Waals surface area contributed by atoms with Crippen molar-refractivity contribution >= 4 is 35.9 Å². The maximum atomic E-state index is 12.3. The van der Waals surface area contributed by atoms with Crippen LogP contribution in [0.25, 0.3) is 0 Å². The third-order valence-corrected chi connectivity index (χ3v) is 2.24. The number of carbonyl (C=O) groups excluding carboxylic acids is 1. The third kappa shape index (κ3) is 7.00. The normalized spacial score (nSPS) is 11.3. The van der Waals surface area contributed by atoms with Crippen molar-refractivity contribution < 1.29 is 40.6 Å². The SMILES string of the molecule is Cl.NC(N)=NC(=O)c1cc(OC(F)(F)F)c(Cl)cc1OC(F)(F)F. The Morgan fingerprint density at radius 3 is 1.88 bits per heavy atom. The number of guanidine groups is 1. The zero-order valence-corrected chi connectivity index (χ0v) is 12.6. The molecule has 14 heteroatoms. The molecule has 1 rings (SSSR count). The number of hydrogen-bond donors (Lipinski definition) is 2. The predicted octanol–water partition coefficient (Wildman–Crippen LogP) is 2.97. The quantitative estimate of drug-likeness (QED) is 0.460. The first-order valence-electron chi connectivity index (χ1n) is 5.27. The standard InChI is InChI=1S/C10H6ClF6N3O3.ClH/c11-4-2-5(22-9(12,13)14)3(7(21)20-8(18)19)1-6(4)23-10(15,16)17;/h1-2H,(H4,18,19,20,21);1H. The average Bonchev–Trinajstić information content (AvgIpc) is 2.27. The molecule has 0 heterocycles. The van der Waals surface area contributed by atoms with Crippen LogP contribution in [0.4, 0.5) is 26.3 Å². The van der Waals surface area contributed by atoms with E-state index in [0.717, 1.165) is 0 Å². The zero-order valence-electron chi connectivity index (χ0n) is 11.0. The fourth-order valence-corrected chi connectivity index (χ4v) is 1.48. The van der Waals surface area contributed by atoms with E-state index in [4.69, 9.17) is 23.1 Å². The van der Waals surface area contributed by atoms with Gasteiger partial charge in [0, 0.05) is 6.07 Å². The molecule has 0 aliphatic heterocycles. The molecule has 0 saturated heterocycles. The van der Waals surface area contributed by atoms with Gasteiger partial charge in [-0.05, 0) is 6.07 Å². The van der Waals surface area contributed by atoms with Gasteiger partial charge in [0.1, 0.15) is 11.5 Å². The topological polar surface area (TPSA) is 99.9 Å². The summed E-state index contributed by atoms with van der Waals surface area (Å²) < 4.78 is 80.4. The van der Waals surface area contributed by atoms with E-state index in [2.05, 4.69) is 14.5 Å². The van der Waals surface area contributed by atoms with Crippen molar-refractivity contribution in [1.29, 1.82) is 0 Å². The summed E-state index contributed by atoms with van der Waals surface area (Å²) in [5.41, 5.74) is 8.73. The lowest BCUT2D eigenvalue weighted by Crippen LogP contribution is -2.25. The van der Waals surface area contributed by atoms with Gasteiger partial charge in [-0.15, -0.1) is 38.7 Å². The van der Waals surface area contributed by atoms with E-state index in [-0.39, 0.29) is 18.5 Å². The molecule has 1 aromatic rings. The molecular weight excluding hydrogens is 395 g/mol. The number of hydrogen-bond acceptors (Lipinski definition) is 3. The first-order chi connectivity index (χ1) is 10.3. The molecule has 6 nitrogen and oxygen atoms in total. The summed E-state index contributed by atoms with van der Waals surface area (Å²) in [5, 5.41) is -0.886. The Labute approximate surface area is 140 Å². The Bertz CT molecular complexity index is 644. The summed E-state index contributed by atoms with van der Waals surface area (Å²) in [6.45, 7) is 0. The maximum Gasteiger partial charge on any atom is 0.573 e. The molecule has 4 N–H and O–H groups in total. The first kappa shape index (κ1) is 21.9. The number of benzene rings is 1. The smallest absolute Gasteiger partial charge is 0.405 e. The van der Waals surface area contributed by atoms with E-state index in [1.54, 1.807) is 0 Å². The number of alkyl halides is 6. The van der Waals surface area contributed by atoms with Gasteiger partial charge in [-0.25, -0.2) is 0 Å². The number of aliphatic imine (C=N–C) groups is 1. The van der Waals surface area contributed by atoms with Crippen LogP contribution in [0, 0.1) is 0 Å². The van der Waals surface area contributed by atoms with Crippen LogP contribution >= 0.6 is 24.0 Å². The first-order valence-corrected chi connectivity index (χ1v) is 5.65. The molecule has 0 fully saturated rings. The Morgan fingerprint density at radius 1 is 1.00 bits per heavy atom. The summed E-state index contributed by atoms with van der Waals surface area (Å²) in [7, 11) is 0. The average molecular weight is 402 g/mol. The number of ether oxygens (including phenoxy) is 2. The van der Waals surface area contributed by atoms with Crippen LogP contribution in [0.5, 0.6) is 11.5 Å². The third-order valence-electron chi connectivity index (χ3n) is 1.95. The lowest BCUT2D eigenvalue weighted by atomic mass is 10.1. The minimum atomic E-state index is -5.25. The largest absolute Gasteiger partial charge is 0.573 e. The molecular formula is C10H7Cl2F6N3O3. The van der Waals surface area contributed by atoms with Crippen LogP contribution < -0.4 is 20.9 Å². The molecule has 136 valence electrons. The van der Waals surface area contributed by atoms with E-state index >= 15 is 0 Å². The molecule has 0 saturated carbocycles. The molecule has 1 amide bonds. The van der Waals surface area contributed by atoms with Crippen LogP contribution in [0.1, 0.15) is 10.4 Å². The fraction of sp³-hybridized carbons (Fsp3) is 0.200. The van der Waals surface area contributed by atoms with Crippen molar-refractivity contribution in [3.63, 3.8) is 0 Å². The van der Waals surface area contributed by atoms with Gasteiger partial charge >= 0.3 is 12.7 Å².